The molecule has 1 N–H and O–H groups in total. The summed E-state index contributed by atoms with van der Waals surface area (Å²) in [7, 11) is 1.76. The van der Waals surface area contributed by atoms with Gasteiger partial charge in [0.05, 0.1) is 11.7 Å². The van der Waals surface area contributed by atoms with Crippen LogP contribution in [0.1, 0.15) is 64.7 Å². The number of hydrogen-bond donors (Lipinski definition) is 1. The van der Waals surface area contributed by atoms with E-state index in [-0.39, 0.29) is 6.10 Å². The summed E-state index contributed by atoms with van der Waals surface area (Å²) in [6, 6.07) is 0. The molecule has 17 heavy (non-hydrogen) atoms. The Morgan fingerprint density at radius 1 is 1.18 bits per heavy atom. The normalized spacial score (nSPS) is 43.6. The van der Waals surface area contributed by atoms with Crippen molar-refractivity contribution >= 4 is 0 Å². The first-order chi connectivity index (χ1) is 8.20. The smallest absolute Gasteiger partial charge is 0.0936 e. The summed E-state index contributed by atoms with van der Waals surface area (Å²) < 4.78 is 5.58. The number of rotatable bonds is 3. The molecule has 0 radical (unpaired) electrons. The van der Waals surface area contributed by atoms with Crippen molar-refractivity contribution in [2.45, 2.75) is 76.4 Å². The van der Waals surface area contributed by atoms with Gasteiger partial charge < -0.3 is 9.84 Å². The zero-order valence-corrected chi connectivity index (χ0v) is 11.5. The summed E-state index contributed by atoms with van der Waals surface area (Å²) in [4.78, 5) is 0. The minimum Gasteiger partial charge on any atom is -0.387 e. The van der Waals surface area contributed by atoms with E-state index in [2.05, 4.69) is 6.92 Å². The molecule has 2 heteroatoms. The molecular weight excluding hydrogens is 212 g/mol. The molecule has 2 aliphatic rings. The van der Waals surface area contributed by atoms with E-state index in [9.17, 15) is 5.11 Å². The number of aliphatic hydroxyl groups is 1. The van der Waals surface area contributed by atoms with Crippen LogP contribution in [0.15, 0.2) is 0 Å². The summed E-state index contributed by atoms with van der Waals surface area (Å²) in [6.45, 7) is 2.28. The fourth-order valence-corrected chi connectivity index (χ4v) is 4.05. The van der Waals surface area contributed by atoms with Crippen LogP contribution in [0.25, 0.3) is 0 Å². The van der Waals surface area contributed by atoms with Crippen molar-refractivity contribution in [1.29, 1.82) is 0 Å². The van der Waals surface area contributed by atoms with Crippen LogP contribution in [0.2, 0.25) is 0 Å². The van der Waals surface area contributed by atoms with Crippen LogP contribution in [0.5, 0.6) is 0 Å². The van der Waals surface area contributed by atoms with E-state index in [0.717, 1.165) is 18.8 Å². The van der Waals surface area contributed by atoms with Crippen LogP contribution in [0.3, 0.4) is 0 Å². The van der Waals surface area contributed by atoms with E-state index < -0.39 is 5.60 Å². The predicted molar refractivity (Wildman–Crippen MR) is 70.0 cm³/mol. The SMILES string of the molecule is CCC1CCCC(C2(O)CCCCC2OC)C1. The Hall–Kier alpha value is -0.0800. The van der Waals surface area contributed by atoms with E-state index in [1.165, 1.54) is 44.9 Å². The number of ether oxygens (including phenoxy) is 1. The largest absolute Gasteiger partial charge is 0.387 e. The standard InChI is InChI=1S/C15H28O2/c1-3-12-7-6-8-13(11-12)15(16)10-5-4-9-14(15)17-2/h12-14,16H,3-11H2,1-2H3. The molecule has 2 rings (SSSR count). The fourth-order valence-electron chi connectivity index (χ4n) is 4.05. The van der Waals surface area contributed by atoms with Gasteiger partial charge in [-0.1, -0.05) is 39.0 Å². The molecular formula is C15H28O2. The monoisotopic (exact) mass is 240 g/mol. The van der Waals surface area contributed by atoms with Gasteiger partial charge >= 0.3 is 0 Å². The summed E-state index contributed by atoms with van der Waals surface area (Å²) in [5, 5.41) is 11.0. The predicted octanol–water partition coefficient (Wildman–Crippen LogP) is 3.52. The van der Waals surface area contributed by atoms with Crippen molar-refractivity contribution in [1.82, 2.24) is 0 Å². The van der Waals surface area contributed by atoms with Crippen molar-refractivity contribution < 1.29 is 9.84 Å². The zero-order chi connectivity index (χ0) is 12.3. The van der Waals surface area contributed by atoms with Gasteiger partial charge in [-0.3, -0.25) is 0 Å². The molecule has 2 fully saturated rings. The number of hydrogen-bond acceptors (Lipinski definition) is 2. The summed E-state index contributed by atoms with van der Waals surface area (Å²) >= 11 is 0. The topological polar surface area (TPSA) is 29.5 Å². The van der Waals surface area contributed by atoms with Crippen LogP contribution in [-0.4, -0.2) is 23.9 Å². The molecule has 4 atom stereocenters. The molecule has 0 aromatic heterocycles. The highest BCUT2D eigenvalue weighted by atomic mass is 16.5. The molecule has 0 spiro atoms. The Morgan fingerprint density at radius 3 is 2.71 bits per heavy atom. The third kappa shape index (κ3) is 2.68. The van der Waals surface area contributed by atoms with E-state index >= 15 is 0 Å². The van der Waals surface area contributed by atoms with Crippen molar-refractivity contribution in [2.24, 2.45) is 11.8 Å². The summed E-state index contributed by atoms with van der Waals surface area (Å²) in [5.41, 5.74) is -0.527. The maximum Gasteiger partial charge on any atom is 0.0936 e. The molecule has 2 saturated carbocycles. The Morgan fingerprint density at radius 2 is 2.00 bits per heavy atom. The molecule has 0 bridgehead atoms. The molecule has 0 aromatic carbocycles. The lowest BCUT2D eigenvalue weighted by Gasteiger charge is -2.47. The second kappa shape index (κ2) is 5.71. The maximum absolute atomic E-state index is 11.0. The number of methoxy groups -OCH3 is 1. The highest BCUT2D eigenvalue weighted by molar-refractivity contribution is 4.98. The van der Waals surface area contributed by atoms with Gasteiger partial charge in [0, 0.05) is 7.11 Å². The molecule has 0 aromatic rings. The molecule has 0 amide bonds. The molecule has 100 valence electrons. The Labute approximate surface area is 106 Å². The average Bonchev–Trinajstić information content (AvgIpc) is 2.39. The van der Waals surface area contributed by atoms with Gasteiger partial charge in [0.2, 0.25) is 0 Å². The maximum atomic E-state index is 11.0. The van der Waals surface area contributed by atoms with Gasteiger partial charge in [-0.25, -0.2) is 0 Å². The quantitative estimate of drug-likeness (QED) is 0.818. The van der Waals surface area contributed by atoms with Crippen LogP contribution < -0.4 is 0 Å². The molecule has 4 unspecified atom stereocenters. The van der Waals surface area contributed by atoms with Crippen molar-refractivity contribution in [3.8, 4) is 0 Å². The molecule has 2 aliphatic carbocycles. The third-order valence-electron chi connectivity index (χ3n) is 5.20. The Bertz CT molecular complexity index is 241. The highest BCUT2D eigenvalue weighted by Gasteiger charge is 2.46. The highest BCUT2D eigenvalue weighted by Crippen LogP contribution is 2.44. The third-order valence-corrected chi connectivity index (χ3v) is 5.20. The van der Waals surface area contributed by atoms with E-state index in [1.807, 2.05) is 0 Å². The van der Waals surface area contributed by atoms with E-state index in [4.69, 9.17) is 4.74 Å². The van der Waals surface area contributed by atoms with Gasteiger partial charge in [0.25, 0.3) is 0 Å². The van der Waals surface area contributed by atoms with Crippen LogP contribution in [-0.2, 0) is 4.74 Å². The average molecular weight is 240 g/mol. The second-order valence-electron chi connectivity index (χ2n) is 6.10. The fraction of sp³-hybridized carbons (Fsp3) is 1.00. The minimum atomic E-state index is -0.527. The van der Waals surface area contributed by atoms with Crippen molar-refractivity contribution in [3.63, 3.8) is 0 Å². The van der Waals surface area contributed by atoms with Gasteiger partial charge in [-0.15, -0.1) is 0 Å². The van der Waals surface area contributed by atoms with Crippen LogP contribution >= 0.6 is 0 Å². The molecule has 2 nitrogen and oxygen atoms in total. The minimum absolute atomic E-state index is 0.0804. The molecule has 0 heterocycles. The second-order valence-corrected chi connectivity index (χ2v) is 6.10. The Kier molecular flexibility index (Phi) is 4.48. The van der Waals surface area contributed by atoms with Gasteiger partial charge in [-0.05, 0) is 37.5 Å². The molecule has 0 saturated heterocycles. The van der Waals surface area contributed by atoms with Crippen molar-refractivity contribution in [3.05, 3.63) is 0 Å². The van der Waals surface area contributed by atoms with Crippen LogP contribution in [0.4, 0.5) is 0 Å². The summed E-state index contributed by atoms with van der Waals surface area (Å²) in [5.74, 6) is 1.31. The first-order valence-corrected chi connectivity index (χ1v) is 7.46. The van der Waals surface area contributed by atoms with Crippen molar-refractivity contribution in [2.75, 3.05) is 7.11 Å². The molecule has 0 aliphatic heterocycles. The van der Waals surface area contributed by atoms with E-state index in [1.54, 1.807) is 7.11 Å². The zero-order valence-electron chi connectivity index (χ0n) is 11.5. The Balaban J connectivity index is 2.06. The first kappa shape index (κ1) is 13.4. The lowest BCUT2D eigenvalue weighted by Crippen LogP contribution is -2.52. The lowest BCUT2D eigenvalue weighted by molar-refractivity contribution is -0.158. The first-order valence-electron chi connectivity index (χ1n) is 7.46. The lowest BCUT2D eigenvalue weighted by atomic mass is 9.66. The van der Waals surface area contributed by atoms with Crippen LogP contribution in [0, 0.1) is 11.8 Å². The van der Waals surface area contributed by atoms with Gasteiger partial charge in [-0.2, -0.15) is 0 Å². The van der Waals surface area contributed by atoms with E-state index in [0.29, 0.717) is 5.92 Å². The van der Waals surface area contributed by atoms with Gasteiger partial charge in [0.1, 0.15) is 0 Å². The summed E-state index contributed by atoms with van der Waals surface area (Å²) in [6.07, 6.45) is 10.8. The van der Waals surface area contributed by atoms with Gasteiger partial charge in [0.15, 0.2) is 0 Å².